The molecule has 0 N–H and O–H groups in total. The van der Waals surface area contributed by atoms with E-state index in [1.165, 1.54) is 37.7 Å². The molecule has 1 aromatic carbocycles. The molecule has 1 heterocycles. The van der Waals surface area contributed by atoms with Crippen molar-refractivity contribution < 1.29 is 4.79 Å². The van der Waals surface area contributed by atoms with Crippen LogP contribution in [0.1, 0.15) is 68.3 Å². The second kappa shape index (κ2) is 9.57. The molecule has 0 bridgehead atoms. The standard InChI is InChI=1S/C18H26N4OS/c1-3-4-5-6-7-8-11-14-12-9-10-13-15(14)16(18(23)24)17-19-20-21-22(17)2/h9-10,12-13,16H,3-8,11H2,1-2H3,(H,23,24). The Balaban J connectivity index is 2.11. The van der Waals surface area contributed by atoms with E-state index in [2.05, 4.69) is 41.1 Å². The van der Waals surface area contributed by atoms with E-state index in [0.717, 1.165) is 18.4 Å². The minimum Gasteiger partial charge on any atom is -0.286 e. The largest absolute Gasteiger partial charge is 0.286 e. The van der Waals surface area contributed by atoms with Gasteiger partial charge in [0.1, 0.15) is 5.92 Å². The third-order valence-electron chi connectivity index (χ3n) is 4.32. The molecule has 0 saturated heterocycles. The predicted octanol–water partition coefficient (Wildman–Crippen LogP) is 3.70. The van der Waals surface area contributed by atoms with Crippen molar-refractivity contribution in [1.82, 2.24) is 20.2 Å². The summed E-state index contributed by atoms with van der Waals surface area (Å²) in [5, 5.41) is 11.3. The molecule has 24 heavy (non-hydrogen) atoms. The van der Waals surface area contributed by atoms with E-state index in [-0.39, 0.29) is 5.12 Å². The van der Waals surface area contributed by atoms with Gasteiger partial charge in [0, 0.05) is 7.05 Å². The number of benzene rings is 1. The molecule has 0 saturated carbocycles. The Bertz CT molecular complexity index is 656. The first-order valence-electron chi connectivity index (χ1n) is 8.68. The zero-order valence-electron chi connectivity index (χ0n) is 14.5. The van der Waals surface area contributed by atoms with E-state index < -0.39 is 5.92 Å². The van der Waals surface area contributed by atoms with Crippen molar-refractivity contribution in [2.24, 2.45) is 7.05 Å². The Kier molecular flexibility index (Phi) is 7.43. The number of hydrogen-bond acceptors (Lipinski definition) is 4. The molecule has 1 unspecified atom stereocenters. The summed E-state index contributed by atoms with van der Waals surface area (Å²) in [7, 11) is 1.75. The van der Waals surface area contributed by atoms with Gasteiger partial charge >= 0.3 is 0 Å². The van der Waals surface area contributed by atoms with Gasteiger partial charge < -0.3 is 0 Å². The van der Waals surface area contributed by atoms with Crippen molar-refractivity contribution in [2.75, 3.05) is 0 Å². The number of carbonyl (C=O) groups excluding carboxylic acids is 1. The first-order valence-corrected chi connectivity index (χ1v) is 9.12. The molecule has 5 nitrogen and oxygen atoms in total. The fraction of sp³-hybridized carbons (Fsp3) is 0.556. The molecule has 0 spiro atoms. The Labute approximate surface area is 149 Å². The molecule has 2 rings (SSSR count). The summed E-state index contributed by atoms with van der Waals surface area (Å²) in [4.78, 5) is 12.2. The number of carbonyl (C=O) groups is 1. The van der Waals surface area contributed by atoms with Gasteiger partial charge in [-0.3, -0.25) is 4.79 Å². The normalized spacial score (nSPS) is 12.3. The number of nitrogens with zero attached hydrogens (tertiary/aromatic N) is 4. The average molecular weight is 347 g/mol. The molecule has 0 amide bonds. The van der Waals surface area contributed by atoms with Gasteiger partial charge in [-0.2, -0.15) is 0 Å². The summed E-state index contributed by atoms with van der Waals surface area (Å²) in [5.41, 5.74) is 2.15. The maximum atomic E-state index is 12.2. The Morgan fingerprint density at radius 2 is 1.88 bits per heavy atom. The van der Waals surface area contributed by atoms with Crippen molar-refractivity contribution in [3.63, 3.8) is 0 Å². The van der Waals surface area contributed by atoms with Gasteiger partial charge in [-0.05, 0) is 34.4 Å². The van der Waals surface area contributed by atoms with E-state index in [0.29, 0.717) is 5.82 Å². The first-order chi connectivity index (χ1) is 11.6. The highest BCUT2D eigenvalue weighted by Crippen LogP contribution is 2.28. The van der Waals surface area contributed by atoms with Gasteiger partial charge in [0.05, 0.1) is 0 Å². The molecule has 0 fully saturated rings. The van der Waals surface area contributed by atoms with Crippen LogP contribution in [-0.4, -0.2) is 25.3 Å². The van der Waals surface area contributed by atoms with Crippen LogP contribution < -0.4 is 0 Å². The molecule has 1 atom stereocenters. The highest BCUT2D eigenvalue weighted by molar-refractivity contribution is 7.96. The van der Waals surface area contributed by atoms with Crippen LogP contribution in [0.25, 0.3) is 0 Å². The fourth-order valence-corrected chi connectivity index (χ4v) is 3.26. The Morgan fingerprint density at radius 1 is 1.17 bits per heavy atom. The van der Waals surface area contributed by atoms with Gasteiger partial charge in [-0.15, -0.1) is 17.7 Å². The molecular formula is C18H26N4OS. The number of thiol groups is 1. The summed E-state index contributed by atoms with van der Waals surface area (Å²) in [6.07, 6.45) is 8.47. The zero-order valence-corrected chi connectivity index (χ0v) is 15.4. The van der Waals surface area contributed by atoms with Crippen molar-refractivity contribution in [3.8, 4) is 0 Å². The molecule has 0 aliphatic carbocycles. The second-order valence-electron chi connectivity index (χ2n) is 6.15. The first kappa shape index (κ1) is 18.6. The highest BCUT2D eigenvalue weighted by atomic mass is 32.1. The third-order valence-corrected chi connectivity index (χ3v) is 4.58. The van der Waals surface area contributed by atoms with Gasteiger partial charge in [0.25, 0.3) is 0 Å². The zero-order chi connectivity index (χ0) is 17.4. The summed E-state index contributed by atoms with van der Waals surface area (Å²) in [6.45, 7) is 2.23. The molecule has 0 radical (unpaired) electrons. The molecule has 6 heteroatoms. The Hall–Kier alpha value is -1.69. The van der Waals surface area contributed by atoms with E-state index in [1.54, 1.807) is 11.7 Å². The predicted molar refractivity (Wildman–Crippen MR) is 98.2 cm³/mol. The molecule has 0 aliphatic rings. The summed E-state index contributed by atoms with van der Waals surface area (Å²) in [5.74, 6) is 0.00928. The summed E-state index contributed by atoms with van der Waals surface area (Å²) < 4.78 is 1.54. The lowest BCUT2D eigenvalue weighted by Gasteiger charge is -2.16. The van der Waals surface area contributed by atoms with Crippen molar-refractivity contribution in [3.05, 3.63) is 41.2 Å². The molecular weight excluding hydrogens is 320 g/mol. The van der Waals surface area contributed by atoms with Crippen LogP contribution in [0.15, 0.2) is 24.3 Å². The second-order valence-corrected chi connectivity index (χ2v) is 6.59. The quantitative estimate of drug-likeness (QED) is 0.526. The highest BCUT2D eigenvalue weighted by Gasteiger charge is 2.27. The van der Waals surface area contributed by atoms with Crippen LogP contribution in [0.2, 0.25) is 0 Å². The van der Waals surface area contributed by atoms with Crippen LogP contribution >= 0.6 is 12.6 Å². The molecule has 0 aliphatic heterocycles. The summed E-state index contributed by atoms with van der Waals surface area (Å²) in [6, 6.07) is 8.05. The number of hydrogen-bond donors (Lipinski definition) is 1. The number of rotatable bonds is 10. The number of aromatic nitrogens is 4. The van der Waals surface area contributed by atoms with Crippen LogP contribution in [0.4, 0.5) is 0 Å². The van der Waals surface area contributed by atoms with Gasteiger partial charge in [-0.1, -0.05) is 63.3 Å². The lowest BCUT2D eigenvalue weighted by Crippen LogP contribution is -2.16. The van der Waals surface area contributed by atoms with Gasteiger partial charge in [0.2, 0.25) is 5.12 Å². The maximum absolute atomic E-state index is 12.2. The molecule has 130 valence electrons. The number of aryl methyl sites for hydroxylation is 2. The average Bonchev–Trinajstić information content (AvgIpc) is 2.98. The minimum absolute atomic E-state index is 0.233. The van der Waals surface area contributed by atoms with E-state index in [9.17, 15) is 4.79 Å². The van der Waals surface area contributed by atoms with Crippen molar-refractivity contribution in [2.45, 2.75) is 57.8 Å². The third kappa shape index (κ3) is 4.90. The Morgan fingerprint density at radius 3 is 2.54 bits per heavy atom. The lowest BCUT2D eigenvalue weighted by atomic mass is 9.91. The van der Waals surface area contributed by atoms with E-state index in [1.807, 2.05) is 18.2 Å². The van der Waals surface area contributed by atoms with E-state index in [4.69, 9.17) is 0 Å². The van der Waals surface area contributed by atoms with E-state index >= 15 is 0 Å². The maximum Gasteiger partial charge on any atom is 0.201 e. The van der Waals surface area contributed by atoms with Crippen LogP contribution in [0.5, 0.6) is 0 Å². The van der Waals surface area contributed by atoms with Crippen LogP contribution in [-0.2, 0) is 18.3 Å². The van der Waals surface area contributed by atoms with Gasteiger partial charge in [0.15, 0.2) is 5.82 Å². The van der Waals surface area contributed by atoms with Crippen molar-refractivity contribution in [1.29, 1.82) is 0 Å². The van der Waals surface area contributed by atoms with Crippen LogP contribution in [0, 0.1) is 0 Å². The number of tetrazole rings is 1. The summed E-state index contributed by atoms with van der Waals surface area (Å²) >= 11 is 4.09. The molecule has 2 aromatic rings. The number of unbranched alkanes of at least 4 members (excludes halogenated alkanes) is 5. The van der Waals surface area contributed by atoms with Crippen LogP contribution in [0.3, 0.4) is 0 Å². The smallest absolute Gasteiger partial charge is 0.201 e. The van der Waals surface area contributed by atoms with Crippen molar-refractivity contribution >= 4 is 17.7 Å². The molecule has 1 aromatic heterocycles. The van der Waals surface area contributed by atoms with Gasteiger partial charge in [-0.25, -0.2) is 4.68 Å². The minimum atomic E-state index is -0.523. The SMILES string of the molecule is CCCCCCCCc1ccccc1C(C(=O)S)c1nnnn1C. The fourth-order valence-electron chi connectivity index (χ4n) is 3.00. The lowest BCUT2D eigenvalue weighted by molar-refractivity contribution is -0.111. The monoisotopic (exact) mass is 346 g/mol. The topological polar surface area (TPSA) is 60.7 Å².